The Bertz CT molecular complexity index is 572. The maximum absolute atomic E-state index is 13.0. The molecule has 0 fully saturated rings. The van der Waals surface area contributed by atoms with Gasteiger partial charge in [-0.1, -0.05) is 23.8 Å². The van der Waals surface area contributed by atoms with Crippen molar-refractivity contribution < 1.29 is 14.0 Å². The van der Waals surface area contributed by atoms with Crippen molar-refractivity contribution in [3.8, 4) is 0 Å². The largest absolute Gasteiger partial charge is 0.351 e. The molecule has 2 rings (SSSR count). The number of hydrogen-bond donors (Lipinski definition) is 3. The van der Waals surface area contributed by atoms with E-state index in [4.69, 9.17) is 0 Å². The SMILES string of the molecule is O=C(CNC(=O)Cc1cccc(F)c1)NCC1=CCNCC1. The fourth-order valence-electron chi connectivity index (χ4n) is 2.18. The quantitative estimate of drug-likeness (QED) is 0.671. The molecule has 0 unspecified atom stereocenters. The lowest BCUT2D eigenvalue weighted by molar-refractivity contribution is -0.125. The van der Waals surface area contributed by atoms with E-state index in [0.29, 0.717) is 12.1 Å². The van der Waals surface area contributed by atoms with Crippen LogP contribution in [-0.2, 0) is 16.0 Å². The van der Waals surface area contributed by atoms with Gasteiger partial charge in [0, 0.05) is 13.1 Å². The Kier molecular flexibility index (Phi) is 6.09. The molecular weight excluding hydrogens is 285 g/mol. The van der Waals surface area contributed by atoms with Gasteiger partial charge in [-0.05, 0) is 30.7 Å². The molecule has 0 spiro atoms. The molecule has 0 atom stereocenters. The van der Waals surface area contributed by atoms with Gasteiger partial charge in [0.15, 0.2) is 0 Å². The predicted octanol–water partition coefficient (Wildman–Crippen LogP) is 0.520. The number of carbonyl (C=O) groups is 2. The van der Waals surface area contributed by atoms with Crippen molar-refractivity contribution in [3.05, 3.63) is 47.3 Å². The molecule has 1 aromatic carbocycles. The molecule has 1 aliphatic heterocycles. The summed E-state index contributed by atoms with van der Waals surface area (Å²) in [4.78, 5) is 23.4. The molecule has 118 valence electrons. The molecule has 0 aromatic heterocycles. The van der Waals surface area contributed by atoms with Crippen LogP contribution in [0.15, 0.2) is 35.9 Å². The lowest BCUT2D eigenvalue weighted by atomic mass is 10.1. The number of carbonyl (C=O) groups excluding carboxylic acids is 2. The van der Waals surface area contributed by atoms with Gasteiger partial charge in [0.2, 0.25) is 11.8 Å². The van der Waals surface area contributed by atoms with E-state index in [2.05, 4.69) is 22.0 Å². The van der Waals surface area contributed by atoms with E-state index >= 15 is 0 Å². The van der Waals surface area contributed by atoms with E-state index in [9.17, 15) is 14.0 Å². The van der Waals surface area contributed by atoms with Crippen LogP contribution in [0, 0.1) is 5.82 Å². The number of halogens is 1. The summed E-state index contributed by atoms with van der Waals surface area (Å²) in [5, 5.41) is 8.50. The van der Waals surface area contributed by atoms with Gasteiger partial charge in [0.05, 0.1) is 13.0 Å². The average Bonchev–Trinajstić information content (AvgIpc) is 2.52. The summed E-state index contributed by atoms with van der Waals surface area (Å²) in [6, 6.07) is 5.86. The van der Waals surface area contributed by atoms with Crippen molar-refractivity contribution in [1.82, 2.24) is 16.0 Å². The van der Waals surface area contributed by atoms with Crippen LogP contribution in [0.4, 0.5) is 4.39 Å². The first-order valence-electron chi connectivity index (χ1n) is 7.30. The maximum atomic E-state index is 13.0. The monoisotopic (exact) mass is 305 g/mol. The minimum absolute atomic E-state index is 0.0574. The Morgan fingerprint density at radius 2 is 2.09 bits per heavy atom. The van der Waals surface area contributed by atoms with Gasteiger partial charge < -0.3 is 16.0 Å². The van der Waals surface area contributed by atoms with E-state index in [1.165, 1.54) is 17.7 Å². The van der Waals surface area contributed by atoms with Crippen LogP contribution in [0.25, 0.3) is 0 Å². The zero-order valence-corrected chi connectivity index (χ0v) is 12.3. The normalized spacial score (nSPS) is 14.1. The highest BCUT2D eigenvalue weighted by Crippen LogP contribution is 2.04. The Hall–Kier alpha value is -2.21. The van der Waals surface area contributed by atoms with Crippen LogP contribution in [-0.4, -0.2) is 38.0 Å². The van der Waals surface area contributed by atoms with Crippen molar-refractivity contribution in [2.24, 2.45) is 0 Å². The summed E-state index contributed by atoms with van der Waals surface area (Å²) in [6.45, 7) is 2.20. The van der Waals surface area contributed by atoms with Crippen molar-refractivity contribution in [3.63, 3.8) is 0 Å². The highest BCUT2D eigenvalue weighted by Gasteiger charge is 2.08. The zero-order chi connectivity index (χ0) is 15.8. The zero-order valence-electron chi connectivity index (χ0n) is 12.3. The molecule has 0 saturated heterocycles. The number of rotatable bonds is 6. The fraction of sp³-hybridized carbons (Fsp3) is 0.375. The molecule has 1 heterocycles. The van der Waals surface area contributed by atoms with E-state index in [1.807, 2.05) is 0 Å². The minimum Gasteiger partial charge on any atom is -0.351 e. The highest BCUT2D eigenvalue weighted by molar-refractivity contribution is 5.85. The first-order valence-corrected chi connectivity index (χ1v) is 7.30. The third-order valence-corrected chi connectivity index (χ3v) is 3.37. The van der Waals surface area contributed by atoms with E-state index in [1.54, 1.807) is 12.1 Å². The Labute approximate surface area is 129 Å². The molecule has 0 saturated carbocycles. The molecule has 6 heteroatoms. The first-order chi connectivity index (χ1) is 10.6. The fourth-order valence-corrected chi connectivity index (χ4v) is 2.18. The molecular formula is C16H20FN3O2. The third-order valence-electron chi connectivity index (χ3n) is 3.37. The van der Waals surface area contributed by atoms with Crippen molar-refractivity contribution in [2.75, 3.05) is 26.2 Å². The van der Waals surface area contributed by atoms with E-state index in [0.717, 1.165) is 19.5 Å². The minimum atomic E-state index is -0.377. The Morgan fingerprint density at radius 3 is 2.82 bits per heavy atom. The molecule has 22 heavy (non-hydrogen) atoms. The van der Waals surface area contributed by atoms with Crippen molar-refractivity contribution >= 4 is 11.8 Å². The topological polar surface area (TPSA) is 70.2 Å². The summed E-state index contributed by atoms with van der Waals surface area (Å²) < 4.78 is 13.0. The van der Waals surface area contributed by atoms with Gasteiger partial charge in [0.25, 0.3) is 0 Å². The first kappa shape index (κ1) is 16.2. The van der Waals surface area contributed by atoms with Crippen LogP contribution in [0.5, 0.6) is 0 Å². The molecule has 0 radical (unpaired) electrons. The van der Waals surface area contributed by atoms with Crippen molar-refractivity contribution in [2.45, 2.75) is 12.8 Å². The van der Waals surface area contributed by atoms with Gasteiger partial charge in [-0.15, -0.1) is 0 Å². The van der Waals surface area contributed by atoms with Crippen molar-refractivity contribution in [1.29, 1.82) is 0 Å². The van der Waals surface area contributed by atoms with Gasteiger partial charge in [-0.3, -0.25) is 9.59 Å². The number of hydrogen-bond acceptors (Lipinski definition) is 3. The second-order valence-corrected chi connectivity index (χ2v) is 5.18. The Morgan fingerprint density at radius 1 is 1.23 bits per heavy atom. The smallest absolute Gasteiger partial charge is 0.239 e. The maximum Gasteiger partial charge on any atom is 0.239 e. The van der Waals surface area contributed by atoms with Gasteiger partial charge >= 0.3 is 0 Å². The molecule has 3 N–H and O–H groups in total. The van der Waals surface area contributed by atoms with Crippen LogP contribution < -0.4 is 16.0 Å². The summed E-state index contributed by atoms with van der Waals surface area (Å²) in [6.07, 6.45) is 3.04. The summed E-state index contributed by atoms with van der Waals surface area (Å²) in [7, 11) is 0. The number of amides is 2. The second kappa shape index (κ2) is 8.29. The molecule has 0 bridgehead atoms. The van der Waals surface area contributed by atoms with E-state index < -0.39 is 0 Å². The number of benzene rings is 1. The average molecular weight is 305 g/mol. The summed E-state index contributed by atoms with van der Waals surface area (Å²) in [5.41, 5.74) is 1.77. The Balaban J connectivity index is 1.67. The van der Waals surface area contributed by atoms with Crippen LogP contribution >= 0.6 is 0 Å². The molecule has 1 aliphatic rings. The van der Waals surface area contributed by atoms with Crippen LogP contribution in [0.3, 0.4) is 0 Å². The lowest BCUT2D eigenvalue weighted by Gasteiger charge is -2.14. The van der Waals surface area contributed by atoms with Gasteiger partial charge in [0.1, 0.15) is 5.82 Å². The van der Waals surface area contributed by atoms with Gasteiger partial charge in [-0.2, -0.15) is 0 Å². The molecule has 2 amide bonds. The predicted molar refractivity (Wildman–Crippen MR) is 81.7 cm³/mol. The van der Waals surface area contributed by atoms with Crippen LogP contribution in [0.2, 0.25) is 0 Å². The lowest BCUT2D eigenvalue weighted by Crippen LogP contribution is -2.38. The van der Waals surface area contributed by atoms with Gasteiger partial charge in [-0.25, -0.2) is 4.39 Å². The highest BCUT2D eigenvalue weighted by atomic mass is 19.1. The molecule has 5 nitrogen and oxygen atoms in total. The standard InChI is InChI=1S/C16H20FN3O2/c17-14-3-1-2-13(8-14)9-15(21)20-11-16(22)19-10-12-4-6-18-7-5-12/h1-4,8,18H,5-7,9-11H2,(H,19,22)(H,20,21). The number of nitrogens with one attached hydrogen (secondary N) is 3. The summed E-state index contributed by atoms with van der Waals surface area (Å²) >= 11 is 0. The summed E-state index contributed by atoms with van der Waals surface area (Å²) in [5.74, 6) is -0.910. The molecule has 1 aromatic rings. The van der Waals surface area contributed by atoms with E-state index in [-0.39, 0.29) is 30.6 Å². The third kappa shape index (κ3) is 5.65. The molecule has 0 aliphatic carbocycles. The second-order valence-electron chi connectivity index (χ2n) is 5.18. The van der Waals surface area contributed by atoms with Crippen LogP contribution in [0.1, 0.15) is 12.0 Å².